The number of aromatic nitrogens is 6. The molecule has 0 saturated carbocycles. The highest BCUT2D eigenvalue weighted by Gasteiger charge is 2.16. The zero-order valence-corrected chi connectivity index (χ0v) is 30.4. The van der Waals surface area contributed by atoms with Crippen molar-refractivity contribution in [3.63, 3.8) is 0 Å². The maximum absolute atomic E-state index is 12.8. The Kier molecular flexibility index (Phi) is 9.75. The third kappa shape index (κ3) is 7.79. The molecule has 0 aliphatic carbocycles. The van der Waals surface area contributed by atoms with Crippen molar-refractivity contribution < 1.29 is 23.5 Å². The van der Waals surface area contributed by atoms with E-state index in [-0.39, 0.29) is 24.8 Å². The van der Waals surface area contributed by atoms with E-state index in [1.165, 1.54) is 28.7 Å². The lowest BCUT2D eigenvalue weighted by molar-refractivity contribution is 0.103. The molecule has 268 valence electrons. The van der Waals surface area contributed by atoms with Gasteiger partial charge in [0.1, 0.15) is 41.7 Å². The number of thiophene rings is 2. The molecule has 0 saturated heterocycles. The number of hydrogen-bond acceptors (Lipinski definition) is 12. The number of ether oxygens (including phenoxy) is 2. The Balaban J connectivity index is 0.918. The summed E-state index contributed by atoms with van der Waals surface area (Å²) in [6.45, 7) is 2.90. The number of fused-ring (bicyclic) bond motifs is 1. The maximum Gasteiger partial charge on any atom is 0.336 e. The number of carbonyl (C=O) groups is 2. The van der Waals surface area contributed by atoms with E-state index in [0.29, 0.717) is 73.4 Å². The van der Waals surface area contributed by atoms with Crippen LogP contribution in [0.5, 0.6) is 11.5 Å². The molecule has 14 heteroatoms. The van der Waals surface area contributed by atoms with Gasteiger partial charge in [-0.3, -0.25) is 9.59 Å². The standard InChI is InChI=1S/C40H30N6O6S2/c1-25-16-37(47)52-34-18-30(50-23-28-19-45(43-41-28)21-31-12-14-35(53-31)39(48)26-8-4-2-5-9-26)17-33(38(25)34)51-24-29-20-46(44-42-29)22-32-13-15-36(54-32)40(49)27-10-6-3-7-11-27/h2-20H,21-24H2,1H3. The Morgan fingerprint density at radius 3 is 1.78 bits per heavy atom. The first-order chi connectivity index (χ1) is 26.3. The molecule has 0 aliphatic heterocycles. The van der Waals surface area contributed by atoms with E-state index in [1.54, 1.807) is 58.2 Å². The smallest absolute Gasteiger partial charge is 0.336 e. The Morgan fingerprint density at radius 1 is 0.685 bits per heavy atom. The molecule has 12 nitrogen and oxygen atoms in total. The van der Waals surface area contributed by atoms with Crippen molar-refractivity contribution >= 4 is 45.2 Å². The van der Waals surface area contributed by atoms with Crippen LogP contribution in [0, 0.1) is 6.92 Å². The van der Waals surface area contributed by atoms with E-state index >= 15 is 0 Å². The van der Waals surface area contributed by atoms with Crippen molar-refractivity contribution in [2.75, 3.05) is 0 Å². The minimum absolute atomic E-state index is 0.0159. The van der Waals surface area contributed by atoms with Crippen molar-refractivity contribution in [3.05, 3.63) is 174 Å². The molecule has 3 aromatic carbocycles. The third-order valence-electron chi connectivity index (χ3n) is 8.39. The van der Waals surface area contributed by atoms with Crippen LogP contribution in [0.15, 0.2) is 125 Å². The lowest BCUT2D eigenvalue weighted by Crippen LogP contribution is -2.03. The van der Waals surface area contributed by atoms with E-state index in [1.807, 2.05) is 67.6 Å². The molecule has 0 unspecified atom stereocenters. The quantitative estimate of drug-likeness (QED) is 0.0831. The zero-order chi connectivity index (χ0) is 37.0. The van der Waals surface area contributed by atoms with E-state index in [9.17, 15) is 14.4 Å². The van der Waals surface area contributed by atoms with E-state index in [4.69, 9.17) is 13.9 Å². The van der Waals surface area contributed by atoms with Crippen LogP contribution in [0.3, 0.4) is 0 Å². The van der Waals surface area contributed by atoms with Crippen molar-refractivity contribution in [1.82, 2.24) is 30.0 Å². The lowest BCUT2D eigenvalue weighted by atomic mass is 10.1. The van der Waals surface area contributed by atoms with Gasteiger partial charge in [-0.05, 0) is 36.8 Å². The fraction of sp³-hybridized carbons (Fsp3) is 0.125. The van der Waals surface area contributed by atoms with Crippen LogP contribution in [0.1, 0.15) is 57.2 Å². The molecule has 0 aliphatic rings. The van der Waals surface area contributed by atoms with Crippen LogP contribution in [0.25, 0.3) is 11.0 Å². The monoisotopic (exact) mass is 754 g/mol. The first-order valence-electron chi connectivity index (χ1n) is 16.8. The van der Waals surface area contributed by atoms with Crippen LogP contribution < -0.4 is 15.1 Å². The Hall–Kier alpha value is -6.51. The minimum Gasteiger partial charge on any atom is -0.487 e. The van der Waals surface area contributed by atoms with Crippen LogP contribution in [-0.4, -0.2) is 41.6 Å². The number of aryl methyl sites for hydroxylation is 1. The molecule has 0 spiro atoms. The fourth-order valence-corrected chi connectivity index (χ4v) is 7.77. The SMILES string of the molecule is Cc1cc(=O)oc2cc(OCc3cn(Cc4ccc(C(=O)c5ccccc5)s4)nn3)cc(OCc3cn(Cc4ccc(C(=O)c5ccccc5)s4)nn3)c12. The largest absolute Gasteiger partial charge is 0.487 e. The summed E-state index contributed by atoms with van der Waals surface area (Å²) in [6, 6.07) is 30.7. The van der Waals surface area contributed by atoms with Crippen molar-refractivity contribution in [2.45, 2.75) is 33.2 Å². The summed E-state index contributed by atoms with van der Waals surface area (Å²) in [4.78, 5) is 41.2. The molecule has 0 radical (unpaired) electrons. The maximum atomic E-state index is 12.8. The summed E-state index contributed by atoms with van der Waals surface area (Å²) in [7, 11) is 0. The van der Waals surface area contributed by atoms with Gasteiger partial charge in [-0.1, -0.05) is 71.1 Å². The number of carbonyl (C=O) groups excluding carboxylic acids is 2. The molecule has 0 bridgehead atoms. The van der Waals surface area contributed by atoms with Crippen molar-refractivity contribution in [2.24, 2.45) is 0 Å². The van der Waals surface area contributed by atoms with Gasteiger partial charge in [0.05, 0.1) is 40.6 Å². The number of hydrogen-bond donors (Lipinski definition) is 0. The number of nitrogens with zero attached hydrogens (tertiary/aromatic N) is 6. The predicted molar refractivity (Wildman–Crippen MR) is 203 cm³/mol. The summed E-state index contributed by atoms with van der Waals surface area (Å²) in [5.41, 5.74) is 2.98. The third-order valence-corrected chi connectivity index (χ3v) is 10.5. The van der Waals surface area contributed by atoms with Gasteiger partial charge in [0.25, 0.3) is 0 Å². The van der Waals surface area contributed by atoms with Crippen LogP contribution in [0.4, 0.5) is 0 Å². The minimum atomic E-state index is -0.488. The number of rotatable bonds is 14. The van der Waals surface area contributed by atoms with Gasteiger partial charge in [-0.15, -0.1) is 32.9 Å². The van der Waals surface area contributed by atoms with Crippen LogP contribution >= 0.6 is 22.7 Å². The number of ketones is 2. The molecule has 5 heterocycles. The fourth-order valence-electron chi connectivity index (χ4n) is 5.84. The first kappa shape index (κ1) is 34.6. The molecule has 54 heavy (non-hydrogen) atoms. The van der Waals surface area contributed by atoms with Crippen molar-refractivity contribution in [1.29, 1.82) is 0 Å². The number of benzene rings is 3. The first-order valence-corrected chi connectivity index (χ1v) is 18.5. The van der Waals surface area contributed by atoms with Gasteiger partial charge < -0.3 is 13.9 Å². The molecule has 0 atom stereocenters. The Labute approximate surface area is 315 Å². The molecule has 8 aromatic rings. The second-order valence-corrected chi connectivity index (χ2v) is 14.7. The second-order valence-electron chi connectivity index (χ2n) is 12.4. The summed E-state index contributed by atoms with van der Waals surface area (Å²) in [5.74, 6) is 0.823. The van der Waals surface area contributed by atoms with Gasteiger partial charge >= 0.3 is 5.63 Å². The zero-order valence-electron chi connectivity index (χ0n) is 28.7. The summed E-state index contributed by atoms with van der Waals surface area (Å²) in [5, 5.41) is 17.6. The molecule has 0 amide bonds. The van der Waals surface area contributed by atoms with Crippen molar-refractivity contribution in [3.8, 4) is 11.5 Å². The second kappa shape index (κ2) is 15.2. The Morgan fingerprint density at radius 2 is 1.22 bits per heavy atom. The average Bonchev–Trinajstić information content (AvgIpc) is 4.02. The molecular weight excluding hydrogens is 725 g/mol. The molecule has 8 rings (SSSR count). The molecular formula is C40H30N6O6S2. The summed E-state index contributed by atoms with van der Waals surface area (Å²) < 4.78 is 21.2. The summed E-state index contributed by atoms with van der Waals surface area (Å²) in [6.07, 6.45) is 3.57. The predicted octanol–water partition coefficient (Wildman–Crippen LogP) is 7.12. The van der Waals surface area contributed by atoms with Gasteiger partial charge in [-0.2, -0.15) is 0 Å². The van der Waals surface area contributed by atoms with Gasteiger partial charge in [0.2, 0.25) is 11.6 Å². The van der Waals surface area contributed by atoms with Gasteiger partial charge in [-0.25, -0.2) is 14.2 Å². The van der Waals surface area contributed by atoms with Gasteiger partial charge in [0.15, 0.2) is 0 Å². The summed E-state index contributed by atoms with van der Waals surface area (Å²) >= 11 is 2.84. The van der Waals surface area contributed by atoms with E-state index in [2.05, 4.69) is 20.6 Å². The topological polar surface area (TPSA) is 144 Å². The molecule has 5 aromatic heterocycles. The highest BCUT2D eigenvalue weighted by atomic mass is 32.1. The van der Waals surface area contributed by atoms with Gasteiger partial charge in [0, 0.05) is 39.1 Å². The highest BCUT2D eigenvalue weighted by Crippen LogP contribution is 2.34. The van der Waals surface area contributed by atoms with Crippen LogP contribution in [0.2, 0.25) is 0 Å². The highest BCUT2D eigenvalue weighted by molar-refractivity contribution is 7.14. The average molecular weight is 755 g/mol. The molecule has 0 fully saturated rings. The van der Waals surface area contributed by atoms with E-state index < -0.39 is 5.63 Å². The lowest BCUT2D eigenvalue weighted by Gasteiger charge is -2.12. The Bertz CT molecular complexity index is 2660. The normalized spacial score (nSPS) is 11.2. The van der Waals surface area contributed by atoms with Crippen LogP contribution in [-0.2, 0) is 26.3 Å². The molecule has 0 N–H and O–H groups in total. The van der Waals surface area contributed by atoms with E-state index in [0.717, 1.165) is 9.75 Å².